The largest absolute Gasteiger partial charge is 0.454 e. The third kappa shape index (κ3) is 3.58. The quantitative estimate of drug-likeness (QED) is 0.582. The molecule has 1 fully saturated rings. The van der Waals surface area contributed by atoms with E-state index in [0.29, 0.717) is 17.0 Å². The van der Waals surface area contributed by atoms with E-state index < -0.39 is 5.97 Å². The zero-order valence-corrected chi connectivity index (χ0v) is 15.6. The van der Waals surface area contributed by atoms with Crippen molar-refractivity contribution in [1.29, 1.82) is 0 Å². The molecule has 7 heteroatoms. The van der Waals surface area contributed by atoms with Gasteiger partial charge in [0.1, 0.15) is 11.3 Å². The minimum absolute atomic E-state index is 0.195. The number of Topliss-reactive ketones (excluding diaryl/α,β-unsaturated/α-hetero) is 1. The van der Waals surface area contributed by atoms with Crippen molar-refractivity contribution in [3.05, 3.63) is 40.0 Å². The molecule has 2 aromatic heterocycles. The first-order chi connectivity index (χ1) is 12.4. The van der Waals surface area contributed by atoms with Crippen molar-refractivity contribution in [3.63, 3.8) is 0 Å². The number of aryl methyl sites for hydroxylation is 3. The topological polar surface area (TPSA) is 83.6 Å². The average molecular weight is 360 g/mol. The number of hydrogen-bond donors (Lipinski definition) is 0. The van der Waals surface area contributed by atoms with Crippen LogP contribution in [-0.2, 0) is 16.0 Å². The molecular weight excluding hydrogens is 336 g/mol. The summed E-state index contributed by atoms with van der Waals surface area (Å²) in [6, 6.07) is 1.84. The van der Waals surface area contributed by atoms with Gasteiger partial charge in [-0.15, -0.1) is 0 Å². The van der Waals surface area contributed by atoms with Gasteiger partial charge >= 0.3 is 5.97 Å². The lowest BCUT2D eigenvalue weighted by Crippen LogP contribution is -2.18. The molecule has 1 saturated heterocycles. The van der Waals surface area contributed by atoms with Gasteiger partial charge in [-0.2, -0.15) is 0 Å². The molecule has 140 valence electrons. The molecule has 3 rings (SSSR count). The molecular formula is C19H24N2O5. The van der Waals surface area contributed by atoms with Gasteiger partial charge in [0.15, 0.2) is 6.61 Å². The summed E-state index contributed by atoms with van der Waals surface area (Å²) >= 11 is 0. The van der Waals surface area contributed by atoms with Crippen LogP contribution in [0.3, 0.4) is 0 Å². The summed E-state index contributed by atoms with van der Waals surface area (Å²) in [6.07, 6.45) is 2.31. The summed E-state index contributed by atoms with van der Waals surface area (Å²) in [6.45, 7) is 8.40. The summed E-state index contributed by atoms with van der Waals surface area (Å²) in [7, 11) is 0. The van der Waals surface area contributed by atoms with Crippen LogP contribution in [0.15, 0.2) is 10.6 Å². The highest BCUT2D eigenvalue weighted by Crippen LogP contribution is 2.21. The first-order valence-corrected chi connectivity index (χ1v) is 8.80. The summed E-state index contributed by atoms with van der Waals surface area (Å²) in [4.78, 5) is 24.7. The third-order valence-electron chi connectivity index (χ3n) is 4.86. The van der Waals surface area contributed by atoms with E-state index in [1.54, 1.807) is 13.8 Å². The minimum Gasteiger partial charge on any atom is -0.454 e. The lowest BCUT2D eigenvalue weighted by Gasteiger charge is -2.14. The standard InChI is InChI=1S/C19H24N2O5/c1-11-8-16(13(3)21(11)9-15-6-5-7-24-15)17(22)10-25-19(23)18-12(2)20-26-14(18)4/h8,15H,5-7,9-10H2,1-4H3/t15-/m1/s1. The molecule has 0 bridgehead atoms. The Balaban J connectivity index is 1.67. The molecule has 1 atom stereocenters. The molecule has 1 aliphatic heterocycles. The lowest BCUT2D eigenvalue weighted by atomic mass is 10.1. The van der Waals surface area contributed by atoms with Crippen molar-refractivity contribution in [2.75, 3.05) is 13.2 Å². The lowest BCUT2D eigenvalue weighted by molar-refractivity contribution is 0.0472. The summed E-state index contributed by atoms with van der Waals surface area (Å²) in [5, 5.41) is 3.72. The summed E-state index contributed by atoms with van der Waals surface area (Å²) in [5.74, 6) is -0.436. The number of ether oxygens (including phenoxy) is 2. The molecule has 26 heavy (non-hydrogen) atoms. The smallest absolute Gasteiger partial charge is 0.344 e. The highest BCUT2D eigenvalue weighted by molar-refractivity contribution is 6.00. The van der Waals surface area contributed by atoms with Crippen LogP contribution in [0, 0.1) is 27.7 Å². The van der Waals surface area contributed by atoms with Crippen molar-refractivity contribution in [2.24, 2.45) is 0 Å². The second kappa shape index (κ2) is 7.45. The number of carbonyl (C=O) groups is 2. The zero-order valence-electron chi connectivity index (χ0n) is 15.6. The molecule has 0 spiro atoms. The number of ketones is 1. The van der Waals surface area contributed by atoms with Crippen LogP contribution in [0.25, 0.3) is 0 Å². The highest BCUT2D eigenvalue weighted by Gasteiger charge is 2.23. The van der Waals surface area contributed by atoms with E-state index in [9.17, 15) is 9.59 Å². The Morgan fingerprint density at radius 2 is 2.08 bits per heavy atom. The maximum atomic E-state index is 12.6. The molecule has 0 radical (unpaired) electrons. The van der Waals surface area contributed by atoms with Crippen LogP contribution in [-0.4, -0.2) is 40.8 Å². The first-order valence-electron chi connectivity index (χ1n) is 8.80. The molecule has 3 heterocycles. The fraction of sp³-hybridized carbons (Fsp3) is 0.526. The number of hydrogen-bond acceptors (Lipinski definition) is 6. The maximum absolute atomic E-state index is 12.6. The van der Waals surface area contributed by atoms with Crippen LogP contribution < -0.4 is 0 Å². The zero-order chi connectivity index (χ0) is 18.8. The van der Waals surface area contributed by atoms with E-state index in [1.165, 1.54) is 0 Å². The monoisotopic (exact) mass is 360 g/mol. The highest BCUT2D eigenvalue weighted by atomic mass is 16.5. The molecule has 2 aromatic rings. The van der Waals surface area contributed by atoms with Gasteiger partial charge in [-0.05, 0) is 46.6 Å². The Kier molecular flexibility index (Phi) is 5.27. The van der Waals surface area contributed by atoms with Gasteiger partial charge < -0.3 is 18.6 Å². The number of nitrogens with zero attached hydrogens (tertiary/aromatic N) is 2. The van der Waals surface area contributed by atoms with E-state index in [1.807, 2.05) is 19.9 Å². The number of esters is 1. The maximum Gasteiger partial charge on any atom is 0.344 e. The number of carbonyl (C=O) groups excluding carboxylic acids is 2. The van der Waals surface area contributed by atoms with Crippen molar-refractivity contribution in [2.45, 2.75) is 53.2 Å². The van der Waals surface area contributed by atoms with Gasteiger partial charge in [-0.25, -0.2) is 4.79 Å². The predicted molar refractivity (Wildman–Crippen MR) is 93.5 cm³/mol. The second-order valence-electron chi connectivity index (χ2n) is 6.73. The molecule has 0 saturated carbocycles. The van der Waals surface area contributed by atoms with Crippen LogP contribution in [0.5, 0.6) is 0 Å². The third-order valence-corrected chi connectivity index (χ3v) is 4.86. The molecule has 0 N–H and O–H groups in total. The van der Waals surface area contributed by atoms with Crippen molar-refractivity contribution >= 4 is 11.8 Å². The molecule has 0 aromatic carbocycles. The van der Waals surface area contributed by atoms with Crippen LogP contribution in [0.4, 0.5) is 0 Å². The van der Waals surface area contributed by atoms with E-state index in [4.69, 9.17) is 14.0 Å². The van der Waals surface area contributed by atoms with Crippen LogP contribution in [0.1, 0.15) is 56.4 Å². The van der Waals surface area contributed by atoms with Crippen LogP contribution in [0.2, 0.25) is 0 Å². The van der Waals surface area contributed by atoms with E-state index >= 15 is 0 Å². The van der Waals surface area contributed by atoms with Gasteiger partial charge in [-0.1, -0.05) is 5.16 Å². The normalized spacial score (nSPS) is 16.8. The predicted octanol–water partition coefficient (Wildman–Crippen LogP) is 2.93. The molecule has 0 unspecified atom stereocenters. The summed E-state index contributed by atoms with van der Waals surface area (Å²) < 4.78 is 17.9. The van der Waals surface area contributed by atoms with Gasteiger partial charge in [0.05, 0.1) is 11.8 Å². The molecule has 0 aliphatic carbocycles. The Bertz CT molecular complexity index is 808. The molecule has 7 nitrogen and oxygen atoms in total. The first kappa shape index (κ1) is 18.4. The Morgan fingerprint density at radius 1 is 1.31 bits per heavy atom. The van der Waals surface area contributed by atoms with Crippen molar-refractivity contribution < 1.29 is 23.6 Å². The number of rotatable bonds is 6. The number of aromatic nitrogens is 2. The second-order valence-corrected chi connectivity index (χ2v) is 6.73. The van der Waals surface area contributed by atoms with Crippen molar-refractivity contribution in [3.8, 4) is 0 Å². The Labute approximate surface area is 152 Å². The van der Waals surface area contributed by atoms with E-state index in [0.717, 1.165) is 37.4 Å². The minimum atomic E-state index is -0.595. The fourth-order valence-corrected chi connectivity index (χ4v) is 3.41. The van der Waals surface area contributed by atoms with Crippen molar-refractivity contribution in [1.82, 2.24) is 9.72 Å². The van der Waals surface area contributed by atoms with Gasteiger partial charge in [-0.3, -0.25) is 4.79 Å². The Hall–Kier alpha value is -2.41. The Morgan fingerprint density at radius 3 is 2.69 bits per heavy atom. The molecule has 1 aliphatic rings. The fourth-order valence-electron chi connectivity index (χ4n) is 3.41. The van der Waals surface area contributed by atoms with Gasteiger partial charge in [0, 0.05) is 30.1 Å². The van der Waals surface area contributed by atoms with Crippen LogP contribution >= 0.6 is 0 Å². The van der Waals surface area contributed by atoms with E-state index in [2.05, 4.69) is 9.72 Å². The van der Waals surface area contributed by atoms with Gasteiger partial charge in [0.25, 0.3) is 0 Å². The van der Waals surface area contributed by atoms with Gasteiger partial charge in [0.2, 0.25) is 5.78 Å². The molecule has 0 amide bonds. The van der Waals surface area contributed by atoms with E-state index in [-0.39, 0.29) is 24.1 Å². The summed E-state index contributed by atoms with van der Waals surface area (Å²) in [5.41, 5.74) is 3.18. The SMILES string of the molecule is Cc1noc(C)c1C(=O)OCC(=O)c1cc(C)n(C[C@H]2CCCO2)c1C. The average Bonchev–Trinajstić information content (AvgIpc) is 3.30.